The fraction of sp³-hybridized carbons (Fsp3) is 0.286. The standard InChI is InChI=1S/C14H13BrN2O3/c1-8-2-3-12(10(15)6-8)17-11-4-5-20-7-9(11)13(16-17)14(18)19/h2-3,6H,4-5,7H2,1H3,(H,18,19). The first-order valence-corrected chi connectivity index (χ1v) is 7.05. The molecule has 1 aromatic carbocycles. The molecule has 1 aliphatic heterocycles. The van der Waals surface area contributed by atoms with Crippen molar-refractivity contribution >= 4 is 21.9 Å². The minimum Gasteiger partial charge on any atom is -0.476 e. The van der Waals surface area contributed by atoms with E-state index in [-0.39, 0.29) is 5.69 Å². The number of fused-ring (bicyclic) bond motifs is 1. The summed E-state index contributed by atoms with van der Waals surface area (Å²) >= 11 is 3.52. The Morgan fingerprint density at radius 3 is 3.00 bits per heavy atom. The van der Waals surface area contributed by atoms with Gasteiger partial charge in [-0.2, -0.15) is 5.10 Å². The molecule has 0 saturated carbocycles. The van der Waals surface area contributed by atoms with Crippen molar-refractivity contribution in [2.24, 2.45) is 0 Å². The second-order valence-electron chi connectivity index (χ2n) is 4.75. The molecule has 1 aliphatic rings. The summed E-state index contributed by atoms with van der Waals surface area (Å²) in [5.41, 5.74) is 3.64. The van der Waals surface area contributed by atoms with Crippen LogP contribution in [0.3, 0.4) is 0 Å². The van der Waals surface area contributed by atoms with Crippen LogP contribution < -0.4 is 0 Å². The lowest BCUT2D eigenvalue weighted by Gasteiger charge is -2.15. The molecule has 2 heterocycles. The fourth-order valence-corrected chi connectivity index (χ4v) is 3.05. The summed E-state index contributed by atoms with van der Waals surface area (Å²) in [6.07, 6.45) is 0.663. The molecule has 0 spiro atoms. The van der Waals surface area contributed by atoms with Crippen LogP contribution in [0.2, 0.25) is 0 Å². The quantitative estimate of drug-likeness (QED) is 0.915. The first-order chi connectivity index (χ1) is 9.58. The molecule has 1 N–H and O–H groups in total. The summed E-state index contributed by atoms with van der Waals surface area (Å²) in [7, 11) is 0. The van der Waals surface area contributed by atoms with Gasteiger partial charge in [-0.1, -0.05) is 6.07 Å². The molecule has 0 radical (unpaired) electrons. The molecule has 6 heteroatoms. The van der Waals surface area contributed by atoms with E-state index in [0.717, 1.165) is 21.4 Å². The normalized spacial score (nSPS) is 14.1. The number of aromatic nitrogens is 2. The van der Waals surface area contributed by atoms with Gasteiger partial charge in [-0.25, -0.2) is 9.48 Å². The van der Waals surface area contributed by atoms with Crippen LogP contribution in [0.15, 0.2) is 22.7 Å². The number of carboxylic acids is 1. The van der Waals surface area contributed by atoms with Gasteiger partial charge in [0.1, 0.15) is 0 Å². The number of carbonyl (C=O) groups is 1. The summed E-state index contributed by atoms with van der Waals surface area (Å²) in [5.74, 6) is -1.02. The van der Waals surface area contributed by atoms with Crippen molar-refractivity contribution in [2.45, 2.75) is 20.0 Å². The molecule has 0 bridgehead atoms. The van der Waals surface area contributed by atoms with Gasteiger partial charge >= 0.3 is 5.97 Å². The third kappa shape index (κ3) is 2.14. The summed E-state index contributed by atoms with van der Waals surface area (Å²) in [6, 6.07) is 5.91. The van der Waals surface area contributed by atoms with E-state index >= 15 is 0 Å². The lowest BCUT2D eigenvalue weighted by molar-refractivity contribution is 0.0677. The highest BCUT2D eigenvalue weighted by atomic mass is 79.9. The second kappa shape index (κ2) is 5.03. The molecule has 1 aromatic heterocycles. The van der Waals surface area contributed by atoms with Crippen LogP contribution in [0.25, 0.3) is 5.69 Å². The van der Waals surface area contributed by atoms with E-state index in [1.165, 1.54) is 0 Å². The number of nitrogens with zero attached hydrogens (tertiary/aromatic N) is 2. The van der Waals surface area contributed by atoms with Gasteiger partial charge in [0, 0.05) is 16.5 Å². The van der Waals surface area contributed by atoms with Crippen molar-refractivity contribution in [3.63, 3.8) is 0 Å². The van der Waals surface area contributed by atoms with Gasteiger partial charge in [0.05, 0.1) is 24.6 Å². The smallest absolute Gasteiger partial charge is 0.356 e. The zero-order chi connectivity index (χ0) is 14.3. The lowest BCUT2D eigenvalue weighted by Crippen LogP contribution is -2.14. The molecule has 0 saturated heterocycles. The van der Waals surface area contributed by atoms with Crippen LogP contribution >= 0.6 is 15.9 Å². The molecule has 3 rings (SSSR count). The number of aryl methyl sites for hydroxylation is 1. The summed E-state index contributed by atoms with van der Waals surface area (Å²) < 4.78 is 7.96. The molecular formula is C14H13BrN2O3. The molecule has 20 heavy (non-hydrogen) atoms. The van der Waals surface area contributed by atoms with E-state index in [1.807, 2.05) is 25.1 Å². The zero-order valence-corrected chi connectivity index (χ0v) is 12.5. The highest BCUT2D eigenvalue weighted by Gasteiger charge is 2.26. The highest BCUT2D eigenvalue weighted by Crippen LogP contribution is 2.28. The minimum absolute atomic E-state index is 0.0761. The van der Waals surface area contributed by atoms with E-state index in [1.54, 1.807) is 4.68 Å². The maximum absolute atomic E-state index is 11.3. The summed E-state index contributed by atoms with van der Waals surface area (Å²) in [6.45, 7) is 2.89. The molecule has 2 aromatic rings. The Morgan fingerprint density at radius 1 is 1.50 bits per heavy atom. The van der Waals surface area contributed by atoms with E-state index in [2.05, 4.69) is 21.0 Å². The Morgan fingerprint density at radius 2 is 2.30 bits per heavy atom. The van der Waals surface area contributed by atoms with Crippen LogP contribution in [-0.2, 0) is 17.8 Å². The number of carboxylic acid groups (broad SMARTS) is 1. The maximum Gasteiger partial charge on any atom is 0.356 e. The number of benzene rings is 1. The van der Waals surface area contributed by atoms with Gasteiger partial charge < -0.3 is 9.84 Å². The molecule has 0 fully saturated rings. The molecule has 0 unspecified atom stereocenters. The topological polar surface area (TPSA) is 64.4 Å². The van der Waals surface area contributed by atoms with Gasteiger partial charge in [0.2, 0.25) is 0 Å². The van der Waals surface area contributed by atoms with Crippen LogP contribution in [0, 0.1) is 6.92 Å². The van der Waals surface area contributed by atoms with Gasteiger partial charge in [-0.15, -0.1) is 0 Å². The van der Waals surface area contributed by atoms with Gasteiger partial charge in [0.25, 0.3) is 0 Å². The first kappa shape index (κ1) is 13.3. The number of hydrogen-bond acceptors (Lipinski definition) is 3. The number of aromatic carboxylic acids is 1. The van der Waals surface area contributed by atoms with E-state index in [9.17, 15) is 9.90 Å². The van der Waals surface area contributed by atoms with Crippen molar-refractivity contribution in [3.8, 4) is 5.69 Å². The van der Waals surface area contributed by atoms with E-state index in [4.69, 9.17) is 4.74 Å². The van der Waals surface area contributed by atoms with Crippen molar-refractivity contribution < 1.29 is 14.6 Å². The minimum atomic E-state index is -1.02. The van der Waals surface area contributed by atoms with E-state index < -0.39 is 5.97 Å². The van der Waals surface area contributed by atoms with E-state index in [0.29, 0.717) is 25.2 Å². The predicted molar refractivity (Wildman–Crippen MR) is 76.3 cm³/mol. The number of halogens is 1. The third-order valence-electron chi connectivity index (χ3n) is 3.35. The largest absolute Gasteiger partial charge is 0.476 e. The van der Waals surface area contributed by atoms with Crippen LogP contribution in [-0.4, -0.2) is 27.5 Å². The highest BCUT2D eigenvalue weighted by molar-refractivity contribution is 9.10. The molecular weight excluding hydrogens is 324 g/mol. The average Bonchev–Trinajstić information content (AvgIpc) is 2.78. The van der Waals surface area contributed by atoms with Crippen molar-refractivity contribution in [1.29, 1.82) is 0 Å². The van der Waals surface area contributed by atoms with Crippen molar-refractivity contribution in [1.82, 2.24) is 9.78 Å². The fourth-order valence-electron chi connectivity index (χ4n) is 2.39. The van der Waals surface area contributed by atoms with Crippen LogP contribution in [0.1, 0.15) is 27.3 Å². The lowest BCUT2D eigenvalue weighted by atomic mass is 10.1. The molecule has 0 amide bonds. The Kier molecular flexibility index (Phi) is 3.35. The van der Waals surface area contributed by atoms with Gasteiger partial charge in [-0.05, 0) is 40.5 Å². The summed E-state index contributed by atoms with van der Waals surface area (Å²) in [5, 5.41) is 13.5. The molecule has 0 atom stereocenters. The number of ether oxygens (including phenoxy) is 1. The number of rotatable bonds is 2. The molecule has 0 aliphatic carbocycles. The Labute approximate surface area is 124 Å². The number of hydrogen-bond donors (Lipinski definition) is 1. The summed E-state index contributed by atoms with van der Waals surface area (Å²) in [4.78, 5) is 11.3. The second-order valence-corrected chi connectivity index (χ2v) is 5.60. The zero-order valence-electron chi connectivity index (χ0n) is 10.9. The van der Waals surface area contributed by atoms with Crippen molar-refractivity contribution in [3.05, 3.63) is 45.2 Å². The Bertz CT molecular complexity index is 694. The van der Waals surface area contributed by atoms with Crippen LogP contribution in [0.4, 0.5) is 0 Å². The molecule has 104 valence electrons. The SMILES string of the molecule is Cc1ccc(-n2nc(C(=O)O)c3c2CCOC3)c(Br)c1. The Hall–Kier alpha value is -1.66. The maximum atomic E-state index is 11.3. The Balaban J connectivity index is 2.21. The van der Waals surface area contributed by atoms with Crippen LogP contribution in [0.5, 0.6) is 0 Å². The predicted octanol–water partition coefficient (Wildman–Crippen LogP) is 2.71. The molecule has 5 nitrogen and oxygen atoms in total. The van der Waals surface area contributed by atoms with Gasteiger partial charge in [-0.3, -0.25) is 0 Å². The van der Waals surface area contributed by atoms with Crippen molar-refractivity contribution in [2.75, 3.05) is 6.61 Å². The van der Waals surface area contributed by atoms with Gasteiger partial charge in [0.15, 0.2) is 5.69 Å². The average molecular weight is 337 g/mol. The first-order valence-electron chi connectivity index (χ1n) is 6.26. The third-order valence-corrected chi connectivity index (χ3v) is 3.99. The monoisotopic (exact) mass is 336 g/mol.